The number of aliphatic hydroxyl groups is 1. The Hall–Kier alpha value is -0.515. The second-order valence-corrected chi connectivity index (χ2v) is 7.12. The van der Waals surface area contributed by atoms with Gasteiger partial charge in [-0.25, -0.2) is 0 Å². The van der Waals surface area contributed by atoms with Gasteiger partial charge in [-0.3, -0.25) is 0 Å². The van der Waals surface area contributed by atoms with Gasteiger partial charge in [0.15, 0.2) is 0 Å². The molecule has 0 atom stereocenters. The highest BCUT2D eigenvalue weighted by Gasteiger charge is 2.52. The maximum atomic E-state index is 9.69. The summed E-state index contributed by atoms with van der Waals surface area (Å²) in [6.45, 7) is 7.78. The predicted molar refractivity (Wildman–Crippen MR) is 92.2 cm³/mol. The zero-order valence-corrected chi connectivity index (χ0v) is 14.8. The lowest BCUT2D eigenvalue weighted by molar-refractivity contribution is 0.00578. The number of alkyl halides is 1. The van der Waals surface area contributed by atoms with E-state index in [2.05, 4.69) is 0 Å². The van der Waals surface area contributed by atoms with Gasteiger partial charge < -0.3 is 14.4 Å². The Labute approximate surface area is 142 Å². The topological polar surface area (TPSA) is 38.7 Å². The molecule has 0 aromatic heterocycles. The Kier molecular flexibility index (Phi) is 5.30. The third-order valence-electron chi connectivity index (χ3n) is 4.30. The lowest BCUT2D eigenvalue weighted by Crippen LogP contribution is -2.41. The van der Waals surface area contributed by atoms with Crippen molar-refractivity contribution < 1.29 is 14.4 Å². The third kappa shape index (κ3) is 3.52. The largest absolute Gasteiger partial charge is 0.492 e. The number of aliphatic hydroxyl groups excluding tert-OH is 1. The van der Waals surface area contributed by atoms with Crippen molar-refractivity contribution in [2.45, 2.75) is 44.8 Å². The number of benzene rings is 1. The molecule has 1 saturated heterocycles. The Morgan fingerprint density at radius 3 is 2.32 bits per heavy atom. The molecule has 120 valence electrons. The molecule has 1 aliphatic heterocycles. The highest BCUT2D eigenvalue weighted by Crippen LogP contribution is 2.38. The molecular formula is C16H21BCl2O3. The van der Waals surface area contributed by atoms with E-state index in [9.17, 15) is 5.11 Å². The van der Waals surface area contributed by atoms with E-state index in [0.717, 1.165) is 11.1 Å². The zero-order valence-electron chi connectivity index (χ0n) is 13.3. The average Bonchev–Trinajstić information content (AvgIpc) is 2.66. The van der Waals surface area contributed by atoms with Crippen molar-refractivity contribution in [2.75, 3.05) is 6.61 Å². The number of rotatable bonds is 4. The highest BCUT2D eigenvalue weighted by atomic mass is 35.5. The average molecular weight is 343 g/mol. The van der Waals surface area contributed by atoms with Gasteiger partial charge >= 0.3 is 7.12 Å². The molecule has 1 aromatic rings. The molecule has 1 heterocycles. The Morgan fingerprint density at radius 2 is 1.82 bits per heavy atom. The molecule has 1 aliphatic rings. The molecule has 0 bridgehead atoms. The minimum Gasteiger partial charge on any atom is -0.400 e. The summed E-state index contributed by atoms with van der Waals surface area (Å²) in [5, 5.41) is 10.3. The quantitative estimate of drug-likeness (QED) is 0.661. The van der Waals surface area contributed by atoms with Crippen LogP contribution < -0.4 is 0 Å². The molecule has 0 radical (unpaired) electrons. The van der Waals surface area contributed by atoms with Crippen LogP contribution in [-0.2, 0) is 15.2 Å². The first-order chi connectivity index (χ1) is 10.2. The third-order valence-corrected chi connectivity index (χ3v) is 4.96. The van der Waals surface area contributed by atoms with Crippen LogP contribution in [0.2, 0.25) is 5.02 Å². The molecule has 0 saturated carbocycles. The van der Waals surface area contributed by atoms with Crippen LogP contribution in [0, 0.1) is 0 Å². The van der Waals surface area contributed by atoms with Gasteiger partial charge in [0.1, 0.15) is 0 Å². The summed E-state index contributed by atoms with van der Waals surface area (Å²) in [7, 11) is -0.565. The normalized spacial score (nSPS) is 20.5. The van der Waals surface area contributed by atoms with Gasteiger partial charge in [-0.2, -0.15) is 0 Å². The number of hydrogen-bond acceptors (Lipinski definition) is 3. The fourth-order valence-electron chi connectivity index (χ4n) is 2.18. The summed E-state index contributed by atoms with van der Waals surface area (Å²) >= 11 is 11.9. The van der Waals surface area contributed by atoms with Gasteiger partial charge in [0.05, 0.1) is 17.8 Å². The van der Waals surface area contributed by atoms with E-state index in [1.807, 2.05) is 45.9 Å². The summed E-state index contributed by atoms with van der Waals surface area (Å²) in [5.41, 5.74) is 1.55. The predicted octanol–water partition coefficient (Wildman–Crippen LogP) is 4.09. The van der Waals surface area contributed by atoms with Crippen LogP contribution in [0.3, 0.4) is 0 Å². The van der Waals surface area contributed by atoms with Crippen molar-refractivity contribution >= 4 is 36.4 Å². The van der Waals surface area contributed by atoms with E-state index in [4.69, 9.17) is 32.5 Å². The zero-order chi connectivity index (χ0) is 16.5. The van der Waals surface area contributed by atoms with E-state index in [-0.39, 0.29) is 6.61 Å². The first kappa shape index (κ1) is 17.8. The van der Waals surface area contributed by atoms with E-state index in [0.29, 0.717) is 16.4 Å². The van der Waals surface area contributed by atoms with Crippen LogP contribution in [-0.4, -0.2) is 30.0 Å². The molecular weight excluding hydrogens is 322 g/mol. The molecule has 1 N–H and O–H groups in total. The molecule has 1 aromatic carbocycles. The number of halogens is 2. The molecule has 0 unspecified atom stereocenters. The molecule has 3 nitrogen and oxygen atoms in total. The van der Waals surface area contributed by atoms with Crippen molar-refractivity contribution in [3.8, 4) is 0 Å². The Bertz CT molecular complexity index is 569. The summed E-state index contributed by atoms with van der Waals surface area (Å²) in [4.78, 5) is 0. The summed E-state index contributed by atoms with van der Waals surface area (Å²) < 4.78 is 11.9. The van der Waals surface area contributed by atoms with Crippen LogP contribution in [0.25, 0.3) is 6.08 Å². The monoisotopic (exact) mass is 342 g/mol. The van der Waals surface area contributed by atoms with Crippen molar-refractivity contribution in [3.05, 3.63) is 39.8 Å². The van der Waals surface area contributed by atoms with Gasteiger partial charge in [0, 0.05) is 10.9 Å². The van der Waals surface area contributed by atoms with E-state index >= 15 is 0 Å². The maximum Gasteiger partial charge on any atom is 0.492 e. The SMILES string of the molecule is CC1(C)OB(C(=Cc2ccc(Cl)c(CCl)c2)CO)OC1(C)C. The summed E-state index contributed by atoms with van der Waals surface area (Å²) in [6.07, 6.45) is 1.86. The fraction of sp³-hybridized carbons (Fsp3) is 0.500. The van der Waals surface area contributed by atoms with Gasteiger partial charge in [-0.15, -0.1) is 11.6 Å². The van der Waals surface area contributed by atoms with Gasteiger partial charge in [0.25, 0.3) is 0 Å². The first-order valence-corrected chi connectivity index (χ1v) is 8.13. The van der Waals surface area contributed by atoms with Crippen molar-refractivity contribution in [3.63, 3.8) is 0 Å². The Morgan fingerprint density at radius 1 is 1.23 bits per heavy atom. The lowest BCUT2D eigenvalue weighted by Gasteiger charge is -2.32. The van der Waals surface area contributed by atoms with E-state index in [1.165, 1.54) is 0 Å². The van der Waals surface area contributed by atoms with Gasteiger partial charge in [-0.1, -0.05) is 23.7 Å². The molecule has 0 spiro atoms. The van der Waals surface area contributed by atoms with Crippen molar-refractivity contribution in [1.29, 1.82) is 0 Å². The van der Waals surface area contributed by atoms with Crippen molar-refractivity contribution in [1.82, 2.24) is 0 Å². The minimum absolute atomic E-state index is 0.143. The fourth-order valence-corrected chi connectivity index (χ4v) is 2.66. The van der Waals surface area contributed by atoms with Crippen LogP contribution in [0.1, 0.15) is 38.8 Å². The second-order valence-electron chi connectivity index (χ2n) is 6.45. The maximum absolute atomic E-state index is 9.69. The van der Waals surface area contributed by atoms with Crippen LogP contribution >= 0.6 is 23.2 Å². The molecule has 22 heavy (non-hydrogen) atoms. The first-order valence-electron chi connectivity index (χ1n) is 7.21. The van der Waals surface area contributed by atoms with Crippen molar-refractivity contribution in [2.24, 2.45) is 0 Å². The minimum atomic E-state index is -0.565. The van der Waals surface area contributed by atoms with Gasteiger partial charge in [-0.05, 0) is 56.4 Å². The van der Waals surface area contributed by atoms with Crippen LogP contribution in [0.15, 0.2) is 23.7 Å². The standard InChI is InChI=1S/C16H21BCl2O3/c1-15(2)16(3,4)22-17(21-15)13(10-20)8-11-5-6-14(19)12(7-11)9-18/h5-8,20H,9-10H2,1-4H3. The highest BCUT2D eigenvalue weighted by molar-refractivity contribution is 6.55. The van der Waals surface area contributed by atoms with E-state index in [1.54, 1.807) is 6.07 Å². The number of hydrogen-bond donors (Lipinski definition) is 1. The van der Waals surface area contributed by atoms with Crippen LogP contribution in [0.5, 0.6) is 0 Å². The van der Waals surface area contributed by atoms with Gasteiger partial charge in [0.2, 0.25) is 0 Å². The second kappa shape index (κ2) is 6.54. The lowest BCUT2D eigenvalue weighted by atomic mass is 9.77. The van der Waals surface area contributed by atoms with Crippen LogP contribution in [0.4, 0.5) is 0 Å². The van der Waals surface area contributed by atoms with E-state index < -0.39 is 18.3 Å². The smallest absolute Gasteiger partial charge is 0.400 e. The molecule has 1 fully saturated rings. The summed E-state index contributed by atoms with van der Waals surface area (Å²) in [5.74, 6) is 0.339. The molecule has 0 aliphatic carbocycles. The molecule has 0 amide bonds. The Balaban J connectivity index is 2.29. The molecule has 6 heteroatoms. The molecule has 2 rings (SSSR count). The summed E-state index contributed by atoms with van der Waals surface area (Å²) in [6, 6.07) is 5.57.